The molecule has 2 heteroatoms. The Balaban J connectivity index is 2.93. The summed E-state index contributed by atoms with van der Waals surface area (Å²) in [5, 5.41) is 3.02. The zero-order valence-electron chi connectivity index (χ0n) is 6.10. The van der Waals surface area contributed by atoms with Crippen LogP contribution >= 0.6 is 11.3 Å². The van der Waals surface area contributed by atoms with Crippen molar-refractivity contribution in [3.63, 3.8) is 0 Å². The van der Waals surface area contributed by atoms with Crippen LogP contribution in [0.1, 0.15) is 5.56 Å². The van der Waals surface area contributed by atoms with Crippen molar-refractivity contribution < 1.29 is 4.39 Å². The molecule has 1 aromatic heterocycles. The minimum absolute atomic E-state index is 0.115. The van der Waals surface area contributed by atoms with Crippen molar-refractivity contribution in [1.29, 1.82) is 0 Å². The normalized spacial score (nSPS) is 10.7. The molecule has 11 heavy (non-hydrogen) atoms. The standard InChI is InChI=1S/C9H7FS/c1-6-7-4-5-11-9(7)3-2-8(6)10/h2-5H,1H3. The van der Waals surface area contributed by atoms with E-state index < -0.39 is 0 Å². The molecule has 0 aliphatic carbocycles. The average molecular weight is 166 g/mol. The molecule has 1 aromatic carbocycles. The van der Waals surface area contributed by atoms with Crippen LogP contribution in [0.25, 0.3) is 10.1 Å². The maximum absolute atomic E-state index is 12.9. The van der Waals surface area contributed by atoms with E-state index in [2.05, 4.69) is 0 Å². The molecular formula is C9H7FS. The molecule has 0 N–H and O–H groups in total. The van der Waals surface area contributed by atoms with Crippen LogP contribution in [0, 0.1) is 12.7 Å². The first-order valence-electron chi connectivity index (χ1n) is 3.41. The second kappa shape index (κ2) is 2.31. The maximum atomic E-state index is 12.9. The Bertz CT molecular complexity index is 389. The van der Waals surface area contributed by atoms with Gasteiger partial charge in [0.2, 0.25) is 0 Å². The smallest absolute Gasteiger partial charge is 0.126 e. The van der Waals surface area contributed by atoms with E-state index in [1.807, 2.05) is 24.4 Å². The Hall–Kier alpha value is -0.890. The van der Waals surface area contributed by atoms with Gasteiger partial charge in [-0.3, -0.25) is 0 Å². The minimum Gasteiger partial charge on any atom is -0.207 e. The van der Waals surface area contributed by atoms with Crippen LogP contribution in [0.2, 0.25) is 0 Å². The largest absolute Gasteiger partial charge is 0.207 e. The van der Waals surface area contributed by atoms with E-state index in [0.29, 0.717) is 0 Å². The van der Waals surface area contributed by atoms with E-state index in [9.17, 15) is 4.39 Å². The zero-order valence-corrected chi connectivity index (χ0v) is 6.91. The summed E-state index contributed by atoms with van der Waals surface area (Å²) in [6.07, 6.45) is 0. The quantitative estimate of drug-likeness (QED) is 0.563. The molecule has 0 saturated heterocycles. The van der Waals surface area contributed by atoms with Gasteiger partial charge < -0.3 is 0 Å². The lowest BCUT2D eigenvalue weighted by Gasteiger charge is -1.95. The Morgan fingerprint density at radius 3 is 2.91 bits per heavy atom. The number of benzene rings is 1. The third-order valence-electron chi connectivity index (χ3n) is 1.84. The van der Waals surface area contributed by atoms with Crippen molar-refractivity contribution in [2.24, 2.45) is 0 Å². The highest BCUT2D eigenvalue weighted by Gasteiger charge is 2.02. The fourth-order valence-electron chi connectivity index (χ4n) is 1.16. The topological polar surface area (TPSA) is 0 Å². The first kappa shape index (κ1) is 6.80. The van der Waals surface area contributed by atoms with Crippen LogP contribution in [0.4, 0.5) is 4.39 Å². The van der Waals surface area contributed by atoms with E-state index in [1.165, 1.54) is 6.07 Å². The lowest BCUT2D eigenvalue weighted by atomic mass is 10.1. The molecule has 56 valence electrons. The molecule has 2 aromatic rings. The molecule has 0 spiro atoms. The summed E-state index contributed by atoms with van der Waals surface area (Å²) in [5.41, 5.74) is 0.753. The highest BCUT2D eigenvalue weighted by atomic mass is 32.1. The summed E-state index contributed by atoms with van der Waals surface area (Å²) < 4.78 is 14.1. The fraction of sp³-hybridized carbons (Fsp3) is 0.111. The average Bonchev–Trinajstić information content (AvgIpc) is 2.45. The molecule has 0 radical (unpaired) electrons. The lowest BCUT2D eigenvalue weighted by Crippen LogP contribution is -1.79. The van der Waals surface area contributed by atoms with E-state index in [1.54, 1.807) is 11.3 Å². The van der Waals surface area contributed by atoms with Gasteiger partial charge in [-0.1, -0.05) is 0 Å². The highest BCUT2D eigenvalue weighted by Crippen LogP contribution is 2.25. The predicted octanol–water partition coefficient (Wildman–Crippen LogP) is 3.35. The van der Waals surface area contributed by atoms with Gasteiger partial charge in [-0.05, 0) is 41.5 Å². The number of thiophene rings is 1. The highest BCUT2D eigenvalue weighted by molar-refractivity contribution is 7.17. The zero-order chi connectivity index (χ0) is 7.84. The van der Waals surface area contributed by atoms with Crippen molar-refractivity contribution >= 4 is 21.4 Å². The van der Waals surface area contributed by atoms with Gasteiger partial charge in [0, 0.05) is 4.70 Å². The number of hydrogen-bond acceptors (Lipinski definition) is 1. The monoisotopic (exact) mass is 166 g/mol. The molecule has 0 fully saturated rings. The van der Waals surface area contributed by atoms with Crippen molar-refractivity contribution in [3.05, 3.63) is 35.0 Å². The minimum atomic E-state index is -0.115. The van der Waals surface area contributed by atoms with Crippen LogP contribution in [-0.2, 0) is 0 Å². The number of rotatable bonds is 0. The summed E-state index contributed by atoms with van der Waals surface area (Å²) in [6, 6.07) is 5.30. The number of halogens is 1. The maximum Gasteiger partial charge on any atom is 0.126 e. The van der Waals surface area contributed by atoms with Gasteiger partial charge in [-0.25, -0.2) is 4.39 Å². The van der Waals surface area contributed by atoms with Gasteiger partial charge in [0.1, 0.15) is 5.82 Å². The lowest BCUT2D eigenvalue weighted by molar-refractivity contribution is 0.621. The van der Waals surface area contributed by atoms with Crippen molar-refractivity contribution in [2.45, 2.75) is 6.92 Å². The van der Waals surface area contributed by atoms with Gasteiger partial charge in [0.25, 0.3) is 0 Å². The van der Waals surface area contributed by atoms with Gasteiger partial charge in [0.15, 0.2) is 0 Å². The van der Waals surface area contributed by atoms with Crippen LogP contribution in [0.15, 0.2) is 23.6 Å². The van der Waals surface area contributed by atoms with Crippen LogP contribution in [0.5, 0.6) is 0 Å². The van der Waals surface area contributed by atoms with Crippen molar-refractivity contribution in [3.8, 4) is 0 Å². The Labute approximate surface area is 68.3 Å². The molecule has 0 amide bonds. The first-order valence-corrected chi connectivity index (χ1v) is 4.29. The molecule has 0 nitrogen and oxygen atoms in total. The second-order valence-electron chi connectivity index (χ2n) is 2.50. The molecule has 0 aliphatic heterocycles. The number of hydrogen-bond donors (Lipinski definition) is 0. The summed E-state index contributed by atoms with van der Waals surface area (Å²) in [4.78, 5) is 0. The van der Waals surface area contributed by atoms with Crippen molar-refractivity contribution in [1.82, 2.24) is 0 Å². The summed E-state index contributed by atoms with van der Waals surface area (Å²) >= 11 is 1.64. The summed E-state index contributed by atoms with van der Waals surface area (Å²) in [7, 11) is 0. The Morgan fingerprint density at radius 1 is 1.27 bits per heavy atom. The van der Waals surface area contributed by atoms with E-state index in [4.69, 9.17) is 0 Å². The molecule has 0 unspecified atom stereocenters. The third kappa shape index (κ3) is 0.942. The van der Waals surface area contributed by atoms with Gasteiger partial charge >= 0.3 is 0 Å². The van der Waals surface area contributed by atoms with E-state index in [0.717, 1.165) is 15.6 Å². The number of aryl methyl sites for hydroxylation is 1. The molecule has 0 saturated carbocycles. The van der Waals surface area contributed by atoms with Gasteiger partial charge in [-0.15, -0.1) is 11.3 Å². The molecule has 0 bridgehead atoms. The molecule has 0 aliphatic rings. The van der Waals surface area contributed by atoms with E-state index >= 15 is 0 Å². The van der Waals surface area contributed by atoms with Crippen LogP contribution in [0.3, 0.4) is 0 Å². The van der Waals surface area contributed by atoms with Crippen molar-refractivity contribution in [2.75, 3.05) is 0 Å². The summed E-state index contributed by atoms with van der Waals surface area (Å²) in [6.45, 7) is 1.81. The molecular weight excluding hydrogens is 159 g/mol. The first-order chi connectivity index (χ1) is 5.29. The van der Waals surface area contributed by atoms with Gasteiger partial charge in [0.05, 0.1) is 0 Å². The Kier molecular flexibility index (Phi) is 1.43. The number of fused-ring (bicyclic) bond motifs is 1. The van der Waals surface area contributed by atoms with Crippen LogP contribution in [-0.4, -0.2) is 0 Å². The van der Waals surface area contributed by atoms with E-state index in [-0.39, 0.29) is 5.82 Å². The van der Waals surface area contributed by atoms with Crippen LogP contribution < -0.4 is 0 Å². The summed E-state index contributed by atoms with van der Waals surface area (Å²) in [5.74, 6) is -0.115. The third-order valence-corrected chi connectivity index (χ3v) is 2.72. The molecule has 2 rings (SSSR count). The van der Waals surface area contributed by atoms with Gasteiger partial charge in [-0.2, -0.15) is 0 Å². The predicted molar refractivity (Wildman–Crippen MR) is 46.5 cm³/mol. The second-order valence-corrected chi connectivity index (χ2v) is 3.45. The fourth-order valence-corrected chi connectivity index (χ4v) is 2.01. The SMILES string of the molecule is Cc1c(F)ccc2sccc12. The molecule has 1 heterocycles. The Morgan fingerprint density at radius 2 is 2.09 bits per heavy atom. The molecule has 0 atom stereocenters.